The molecule has 0 aliphatic rings. The highest BCUT2D eigenvalue weighted by Gasteiger charge is 2.05. The molecule has 1 heterocycles. The minimum absolute atomic E-state index is 0.220. The Balaban J connectivity index is 2.46. The van der Waals surface area contributed by atoms with Gasteiger partial charge in [0.25, 0.3) is 0 Å². The minimum Gasteiger partial charge on any atom is -0.461 e. The second kappa shape index (κ2) is 4.49. The van der Waals surface area contributed by atoms with Crippen molar-refractivity contribution in [2.24, 2.45) is 0 Å². The largest absolute Gasteiger partial charge is 0.461 e. The van der Waals surface area contributed by atoms with Crippen molar-refractivity contribution in [2.75, 3.05) is 0 Å². The number of halogens is 1. The molecule has 16 heavy (non-hydrogen) atoms. The molecule has 0 radical (unpaired) electrons. The summed E-state index contributed by atoms with van der Waals surface area (Å²) in [4.78, 5) is 15.0. The zero-order chi connectivity index (χ0) is 11.5. The van der Waals surface area contributed by atoms with Crippen molar-refractivity contribution >= 4 is 28.5 Å². The van der Waals surface area contributed by atoms with Crippen molar-refractivity contribution in [3.05, 3.63) is 41.0 Å². The summed E-state index contributed by atoms with van der Waals surface area (Å²) in [6.07, 6.45) is 0. The Kier molecular flexibility index (Phi) is 3.06. The summed E-state index contributed by atoms with van der Waals surface area (Å²) in [7, 11) is 0. The summed E-state index contributed by atoms with van der Waals surface area (Å²) in [6.45, 7) is 1.60. The Bertz CT molecular complexity index is 540. The number of hydrogen-bond acceptors (Lipinski definition) is 3. The molecular formula is C12H10ClNO2. The number of pyridine rings is 1. The average molecular weight is 236 g/mol. The number of carbonyl (C=O) groups is 1. The summed E-state index contributed by atoms with van der Waals surface area (Å²) in [5, 5.41) is 1.36. The van der Waals surface area contributed by atoms with Gasteiger partial charge in [0, 0.05) is 17.9 Å². The molecule has 0 aliphatic heterocycles. The lowest BCUT2D eigenvalue weighted by Crippen LogP contribution is -2.00. The Morgan fingerprint density at radius 1 is 1.44 bits per heavy atom. The normalized spacial score (nSPS) is 10.4. The maximum Gasteiger partial charge on any atom is 0.302 e. The fraction of sp³-hybridized carbons (Fsp3) is 0.167. The number of hydrogen-bond donors (Lipinski definition) is 0. The third kappa shape index (κ3) is 2.31. The molecule has 0 amide bonds. The number of rotatable bonds is 2. The molecule has 0 saturated heterocycles. The molecule has 1 aromatic heterocycles. The number of benzene rings is 1. The molecule has 0 aliphatic carbocycles. The lowest BCUT2D eigenvalue weighted by molar-refractivity contribution is -0.142. The fourth-order valence-electron chi connectivity index (χ4n) is 1.51. The Morgan fingerprint density at radius 2 is 2.19 bits per heavy atom. The molecule has 1 aromatic carbocycles. The molecule has 0 fully saturated rings. The van der Waals surface area contributed by atoms with E-state index in [-0.39, 0.29) is 12.6 Å². The molecule has 2 rings (SSSR count). The number of ether oxygens (including phenoxy) is 1. The number of carbonyl (C=O) groups excluding carboxylic acids is 1. The van der Waals surface area contributed by atoms with Crippen molar-refractivity contribution in [3.8, 4) is 0 Å². The fourth-order valence-corrected chi connectivity index (χ4v) is 1.73. The summed E-state index contributed by atoms with van der Waals surface area (Å²) in [5.41, 5.74) is 1.67. The van der Waals surface area contributed by atoms with Crippen LogP contribution in [0, 0.1) is 0 Å². The molecule has 0 spiro atoms. The van der Waals surface area contributed by atoms with Crippen LogP contribution >= 0.6 is 11.6 Å². The molecule has 0 bridgehead atoms. The van der Waals surface area contributed by atoms with Crippen LogP contribution < -0.4 is 0 Å². The third-order valence-corrected chi connectivity index (χ3v) is 2.40. The van der Waals surface area contributed by atoms with E-state index < -0.39 is 0 Å². The van der Waals surface area contributed by atoms with Crippen molar-refractivity contribution < 1.29 is 9.53 Å². The molecule has 0 unspecified atom stereocenters. The van der Waals surface area contributed by atoms with Gasteiger partial charge in [0.2, 0.25) is 0 Å². The van der Waals surface area contributed by atoms with Crippen LogP contribution in [0.1, 0.15) is 12.5 Å². The SMILES string of the molecule is CC(=O)OCc1cc(Cl)nc2ccccc12. The number of nitrogens with zero attached hydrogens (tertiary/aromatic N) is 1. The van der Waals surface area contributed by atoms with E-state index in [0.717, 1.165) is 16.5 Å². The molecule has 0 saturated carbocycles. The second-order valence-electron chi connectivity index (χ2n) is 3.40. The highest BCUT2D eigenvalue weighted by molar-refractivity contribution is 6.29. The van der Waals surface area contributed by atoms with Gasteiger partial charge in [0.1, 0.15) is 11.8 Å². The number of fused-ring (bicyclic) bond motifs is 1. The first-order valence-corrected chi connectivity index (χ1v) is 5.22. The molecule has 0 N–H and O–H groups in total. The monoisotopic (exact) mass is 235 g/mol. The maximum atomic E-state index is 10.8. The first-order valence-electron chi connectivity index (χ1n) is 4.84. The van der Waals surface area contributed by atoms with E-state index in [4.69, 9.17) is 16.3 Å². The van der Waals surface area contributed by atoms with Crippen molar-refractivity contribution in [1.29, 1.82) is 0 Å². The van der Waals surface area contributed by atoms with E-state index in [0.29, 0.717) is 5.15 Å². The van der Waals surface area contributed by atoms with E-state index in [2.05, 4.69) is 4.98 Å². The van der Waals surface area contributed by atoms with E-state index in [1.807, 2.05) is 24.3 Å². The number of aromatic nitrogens is 1. The van der Waals surface area contributed by atoms with Gasteiger partial charge in [-0.15, -0.1) is 0 Å². The van der Waals surface area contributed by atoms with Gasteiger partial charge >= 0.3 is 5.97 Å². The van der Waals surface area contributed by atoms with Gasteiger partial charge in [-0.25, -0.2) is 4.98 Å². The van der Waals surface area contributed by atoms with Gasteiger partial charge in [0.15, 0.2) is 0 Å². The zero-order valence-electron chi connectivity index (χ0n) is 8.74. The van der Waals surface area contributed by atoms with Crippen LogP contribution in [-0.2, 0) is 16.1 Å². The van der Waals surface area contributed by atoms with Crippen molar-refractivity contribution in [2.45, 2.75) is 13.5 Å². The van der Waals surface area contributed by atoms with E-state index in [1.165, 1.54) is 6.92 Å². The van der Waals surface area contributed by atoms with Crippen LogP contribution in [0.5, 0.6) is 0 Å². The third-order valence-electron chi connectivity index (χ3n) is 2.20. The summed E-state index contributed by atoms with van der Waals surface area (Å²) >= 11 is 5.89. The molecule has 4 heteroatoms. The topological polar surface area (TPSA) is 39.2 Å². The van der Waals surface area contributed by atoms with E-state index >= 15 is 0 Å². The molecule has 2 aromatic rings. The van der Waals surface area contributed by atoms with Crippen LogP contribution in [0.2, 0.25) is 5.15 Å². The highest BCUT2D eigenvalue weighted by atomic mass is 35.5. The van der Waals surface area contributed by atoms with Gasteiger partial charge in [-0.2, -0.15) is 0 Å². The van der Waals surface area contributed by atoms with Crippen molar-refractivity contribution in [1.82, 2.24) is 4.98 Å². The lowest BCUT2D eigenvalue weighted by atomic mass is 10.1. The first kappa shape index (κ1) is 10.9. The number of para-hydroxylation sites is 1. The highest BCUT2D eigenvalue weighted by Crippen LogP contribution is 2.21. The Labute approximate surface area is 98.0 Å². The second-order valence-corrected chi connectivity index (χ2v) is 3.79. The summed E-state index contributed by atoms with van der Waals surface area (Å²) in [6, 6.07) is 9.32. The van der Waals surface area contributed by atoms with Gasteiger partial charge in [-0.3, -0.25) is 4.79 Å². The quantitative estimate of drug-likeness (QED) is 0.594. The van der Waals surface area contributed by atoms with E-state index in [9.17, 15) is 4.79 Å². The predicted octanol–water partition coefficient (Wildman–Crippen LogP) is 2.95. The van der Waals surface area contributed by atoms with E-state index in [1.54, 1.807) is 6.07 Å². The molecule has 3 nitrogen and oxygen atoms in total. The van der Waals surface area contributed by atoms with Gasteiger partial charge in [-0.1, -0.05) is 29.8 Å². The van der Waals surface area contributed by atoms with Gasteiger partial charge in [-0.05, 0) is 12.1 Å². The Morgan fingerprint density at radius 3 is 2.94 bits per heavy atom. The maximum absolute atomic E-state index is 10.8. The van der Waals surface area contributed by atoms with Crippen LogP contribution in [0.15, 0.2) is 30.3 Å². The predicted molar refractivity (Wildman–Crippen MR) is 62.2 cm³/mol. The van der Waals surface area contributed by atoms with Crippen LogP contribution in [0.4, 0.5) is 0 Å². The molecule has 0 atom stereocenters. The van der Waals surface area contributed by atoms with Crippen LogP contribution in [0.3, 0.4) is 0 Å². The van der Waals surface area contributed by atoms with Gasteiger partial charge in [0.05, 0.1) is 5.52 Å². The van der Waals surface area contributed by atoms with Crippen molar-refractivity contribution in [3.63, 3.8) is 0 Å². The zero-order valence-corrected chi connectivity index (χ0v) is 9.49. The molecule has 82 valence electrons. The molecular weight excluding hydrogens is 226 g/mol. The van der Waals surface area contributed by atoms with Crippen LogP contribution in [-0.4, -0.2) is 11.0 Å². The summed E-state index contributed by atoms with van der Waals surface area (Å²) < 4.78 is 4.97. The Hall–Kier alpha value is -1.61. The first-order chi connectivity index (χ1) is 7.66. The lowest BCUT2D eigenvalue weighted by Gasteiger charge is -2.06. The average Bonchev–Trinajstić information content (AvgIpc) is 2.25. The summed E-state index contributed by atoms with van der Waals surface area (Å²) in [5.74, 6) is -0.308. The standard InChI is InChI=1S/C12H10ClNO2/c1-8(15)16-7-9-6-12(13)14-11-5-3-2-4-10(9)11/h2-6H,7H2,1H3. The van der Waals surface area contributed by atoms with Crippen LogP contribution in [0.25, 0.3) is 10.9 Å². The smallest absolute Gasteiger partial charge is 0.302 e. The van der Waals surface area contributed by atoms with Gasteiger partial charge < -0.3 is 4.74 Å². The number of esters is 1. The minimum atomic E-state index is -0.308.